The van der Waals surface area contributed by atoms with Crippen LogP contribution in [-0.2, 0) is 6.42 Å². The number of benzene rings is 1. The third-order valence-corrected chi connectivity index (χ3v) is 3.28. The lowest BCUT2D eigenvalue weighted by atomic mass is 10.1. The van der Waals surface area contributed by atoms with Crippen LogP contribution in [0.1, 0.15) is 43.9 Å². The topological polar surface area (TPSA) is 66.2 Å². The predicted octanol–water partition coefficient (Wildman–Crippen LogP) is 3.08. The molecule has 124 valence electrons. The van der Waals surface area contributed by atoms with Crippen molar-refractivity contribution in [2.45, 2.75) is 34.1 Å². The number of hydrogen-bond donors (Lipinski definition) is 0. The van der Waals surface area contributed by atoms with Gasteiger partial charge in [-0.25, -0.2) is 4.68 Å². The molecule has 0 aliphatic carbocycles. The van der Waals surface area contributed by atoms with Gasteiger partial charge >= 0.3 is 0 Å². The van der Waals surface area contributed by atoms with E-state index < -0.39 is 0 Å². The zero-order chi connectivity index (χ0) is 16.8. The average molecular weight is 317 g/mol. The first kappa shape index (κ1) is 17.0. The Balaban J connectivity index is 2.47. The van der Waals surface area contributed by atoms with E-state index in [0.29, 0.717) is 36.3 Å². The van der Waals surface area contributed by atoms with Crippen LogP contribution in [-0.4, -0.2) is 34.5 Å². The summed E-state index contributed by atoms with van der Waals surface area (Å²) in [5.74, 6) is 1.74. The van der Waals surface area contributed by atoms with E-state index in [4.69, 9.17) is 9.47 Å². The molecule has 0 amide bonds. The summed E-state index contributed by atoms with van der Waals surface area (Å²) in [6.45, 7) is 9.14. The molecule has 1 aromatic heterocycles. The number of rotatable bonds is 8. The molecule has 0 spiro atoms. The summed E-state index contributed by atoms with van der Waals surface area (Å²) in [4.78, 5) is 11.2. The van der Waals surface area contributed by atoms with Crippen molar-refractivity contribution in [1.29, 1.82) is 0 Å². The molecule has 2 aromatic rings. The molecule has 6 nitrogen and oxygen atoms in total. The zero-order valence-corrected chi connectivity index (χ0v) is 14.1. The van der Waals surface area contributed by atoms with Gasteiger partial charge in [-0.2, -0.15) is 0 Å². The van der Waals surface area contributed by atoms with Crippen molar-refractivity contribution in [1.82, 2.24) is 15.0 Å². The Labute approximate surface area is 136 Å². The Bertz CT molecular complexity index is 665. The highest BCUT2D eigenvalue weighted by Crippen LogP contribution is 2.30. The standard InChI is InChI=1S/C17H23N3O3/c1-5-22-16-8-7-13(10-17(16)23-6-2)20-15(9-12(3)4)14(11-21)18-19-20/h7-8,10-12H,5-6,9H2,1-4H3. The zero-order valence-electron chi connectivity index (χ0n) is 14.1. The maximum atomic E-state index is 11.2. The van der Waals surface area contributed by atoms with E-state index in [2.05, 4.69) is 24.2 Å². The average Bonchev–Trinajstić information content (AvgIpc) is 2.91. The highest BCUT2D eigenvalue weighted by molar-refractivity contribution is 5.73. The first-order valence-corrected chi connectivity index (χ1v) is 7.90. The molecule has 2 rings (SSSR count). The van der Waals surface area contributed by atoms with E-state index in [9.17, 15) is 4.79 Å². The van der Waals surface area contributed by atoms with Crippen molar-refractivity contribution in [2.75, 3.05) is 13.2 Å². The van der Waals surface area contributed by atoms with Crippen molar-refractivity contribution in [3.63, 3.8) is 0 Å². The number of ether oxygens (including phenoxy) is 2. The van der Waals surface area contributed by atoms with Gasteiger partial charge in [0.05, 0.1) is 24.6 Å². The fourth-order valence-electron chi connectivity index (χ4n) is 2.36. The van der Waals surface area contributed by atoms with Crippen molar-refractivity contribution in [3.05, 3.63) is 29.6 Å². The summed E-state index contributed by atoms with van der Waals surface area (Å²) in [6.07, 6.45) is 1.47. The van der Waals surface area contributed by atoms with Crippen LogP contribution in [0.4, 0.5) is 0 Å². The number of aromatic nitrogens is 3. The fraction of sp³-hybridized carbons (Fsp3) is 0.471. The molecule has 0 atom stereocenters. The summed E-state index contributed by atoms with van der Waals surface area (Å²) >= 11 is 0. The number of aldehydes is 1. The summed E-state index contributed by atoms with van der Waals surface area (Å²) < 4.78 is 12.9. The molecule has 0 radical (unpaired) electrons. The van der Waals surface area contributed by atoms with E-state index in [1.54, 1.807) is 4.68 Å². The highest BCUT2D eigenvalue weighted by atomic mass is 16.5. The highest BCUT2D eigenvalue weighted by Gasteiger charge is 2.16. The van der Waals surface area contributed by atoms with Crippen LogP contribution in [0.3, 0.4) is 0 Å². The smallest absolute Gasteiger partial charge is 0.172 e. The number of hydrogen-bond acceptors (Lipinski definition) is 5. The SMILES string of the molecule is CCOc1ccc(-n2nnc(C=O)c2CC(C)C)cc1OCC. The lowest BCUT2D eigenvalue weighted by Crippen LogP contribution is -2.08. The molecule has 0 fully saturated rings. The molecular formula is C17H23N3O3. The molecule has 0 aliphatic rings. The van der Waals surface area contributed by atoms with Gasteiger partial charge in [-0.05, 0) is 38.3 Å². The minimum absolute atomic E-state index is 0.380. The first-order chi connectivity index (χ1) is 11.1. The van der Waals surface area contributed by atoms with Gasteiger partial charge in [0.25, 0.3) is 0 Å². The molecule has 0 bridgehead atoms. The Kier molecular flexibility index (Phi) is 5.73. The second-order valence-electron chi connectivity index (χ2n) is 5.55. The second kappa shape index (κ2) is 7.76. The second-order valence-corrected chi connectivity index (χ2v) is 5.55. The van der Waals surface area contributed by atoms with Gasteiger partial charge in [0.2, 0.25) is 0 Å². The molecule has 6 heteroatoms. The summed E-state index contributed by atoms with van der Waals surface area (Å²) in [5, 5.41) is 8.10. The van der Waals surface area contributed by atoms with E-state index in [-0.39, 0.29) is 0 Å². The third-order valence-electron chi connectivity index (χ3n) is 3.28. The van der Waals surface area contributed by atoms with Gasteiger partial charge in [0.1, 0.15) is 5.69 Å². The Morgan fingerprint density at radius 1 is 1.17 bits per heavy atom. The largest absolute Gasteiger partial charge is 0.490 e. The molecule has 0 unspecified atom stereocenters. The number of carbonyl (C=O) groups is 1. The van der Waals surface area contributed by atoms with Crippen molar-refractivity contribution >= 4 is 6.29 Å². The van der Waals surface area contributed by atoms with Crippen LogP contribution in [0.15, 0.2) is 18.2 Å². The molecule has 0 aliphatic heterocycles. The molecule has 23 heavy (non-hydrogen) atoms. The van der Waals surface area contributed by atoms with Gasteiger partial charge < -0.3 is 9.47 Å². The van der Waals surface area contributed by atoms with Crippen molar-refractivity contribution in [3.8, 4) is 17.2 Å². The van der Waals surface area contributed by atoms with Crippen LogP contribution in [0.5, 0.6) is 11.5 Å². The first-order valence-electron chi connectivity index (χ1n) is 7.90. The van der Waals surface area contributed by atoms with E-state index in [0.717, 1.165) is 24.1 Å². The van der Waals surface area contributed by atoms with Crippen LogP contribution in [0.25, 0.3) is 5.69 Å². The van der Waals surface area contributed by atoms with E-state index in [1.807, 2.05) is 32.0 Å². The van der Waals surface area contributed by atoms with Crippen LogP contribution < -0.4 is 9.47 Å². The molecule has 0 saturated carbocycles. The van der Waals surface area contributed by atoms with Gasteiger partial charge in [-0.3, -0.25) is 4.79 Å². The van der Waals surface area contributed by atoms with Crippen molar-refractivity contribution < 1.29 is 14.3 Å². The monoisotopic (exact) mass is 317 g/mol. The summed E-state index contributed by atoms with van der Waals surface area (Å²) in [6, 6.07) is 5.60. The molecule has 0 saturated heterocycles. The normalized spacial score (nSPS) is 10.8. The predicted molar refractivity (Wildman–Crippen MR) is 87.6 cm³/mol. The van der Waals surface area contributed by atoms with Gasteiger partial charge in [-0.1, -0.05) is 19.1 Å². The maximum absolute atomic E-state index is 11.2. The third kappa shape index (κ3) is 3.88. The van der Waals surface area contributed by atoms with E-state index in [1.165, 1.54) is 0 Å². The Hall–Kier alpha value is -2.37. The Morgan fingerprint density at radius 2 is 1.87 bits per heavy atom. The molecule has 1 aromatic carbocycles. The van der Waals surface area contributed by atoms with Crippen LogP contribution in [0, 0.1) is 5.92 Å². The number of carbonyl (C=O) groups excluding carboxylic acids is 1. The van der Waals surface area contributed by atoms with Gasteiger partial charge in [-0.15, -0.1) is 5.10 Å². The molecular weight excluding hydrogens is 294 g/mol. The minimum atomic E-state index is 0.380. The summed E-state index contributed by atoms with van der Waals surface area (Å²) in [7, 11) is 0. The maximum Gasteiger partial charge on any atom is 0.172 e. The van der Waals surface area contributed by atoms with Crippen LogP contribution in [0.2, 0.25) is 0 Å². The minimum Gasteiger partial charge on any atom is -0.490 e. The summed E-state index contributed by atoms with van der Waals surface area (Å²) in [5.41, 5.74) is 1.99. The van der Waals surface area contributed by atoms with Gasteiger partial charge in [0.15, 0.2) is 17.8 Å². The van der Waals surface area contributed by atoms with Gasteiger partial charge in [0, 0.05) is 6.07 Å². The Morgan fingerprint density at radius 3 is 2.48 bits per heavy atom. The fourth-order valence-corrected chi connectivity index (χ4v) is 2.36. The van der Waals surface area contributed by atoms with Crippen molar-refractivity contribution in [2.24, 2.45) is 5.92 Å². The molecule has 1 heterocycles. The number of nitrogens with zero attached hydrogens (tertiary/aromatic N) is 3. The van der Waals surface area contributed by atoms with Crippen LogP contribution >= 0.6 is 0 Å². The van der Waals surface area contributed by atoms with E-state index >= 15 is 0 Å². The molecule has 0 N–H and O–H groups in total. The quantitative estimate of drug-likeness (QED) is 0.700. The lowest BCUT2D eigenvalue weighted by molar-refractivity contribution is 0.111. The lowest BCUT2D eigenvalue weighted by Gasteiger charge is -2.14.